The average molecular weight is 400 g/mol. The Kier molecular flexibility index (Phi) is 6.26. The van der Waals surface area contributed by atoms with Gasteiger partial charge in [0.15, 0.2) is 0 Å². The Labute approximate surface area is 162 Å². The van der Waals surface area contributed by atoms with Crippen LogP contribution in [0.1, 0.15) is 6.92 Å². The van der Waals surface area contributed by atoms with Crippen molar-refractivity contribution >= 4 is 24.5 Å². The topological polar surface area (TPSA) is 109 Å². The van der Waals surface area contributed by atoms with E-state index in [1.807, 2.05) is 12.1 Å². The number of nitrogens with one attached hydrogen (secondary N) is 2. The minimum absolute atomic E-state index is 0.0748. The first kappa shape index (κ1) is 19.8. The molecule has 2 aromatic carbocycles. The number of benzene rings is 2. The summed E-state index contributed by atoms with van der Waals surface area (Å²) in [6.07, 6.45) is 3.31. The third kappa shape index (κ3) is 4.86. The van der Waals surface area contributed by atoms with Crippen molar-refractivity contribution in [2.24, 2.45) is 4.99 Å². The molecule has 1 aromatic heterocycles. The van der Waals surface area contributed by atoms with Gasteiger partial charge in [-0.25, -0.2) is 9.98 Å². The Morgan fingerprint density at radius 1 is 1.29 bits per heavy atom. The highest BCUT2D eigenvalue weighted by atomic mass is 31.2. The summed E-state index contributed by atoms with van der Waals surface area (Å²) >= 11 is 0. The number of rotatable bonds is 7. The van der Waals surface area contributed by atoms with E-state index in [0.717, 1.165) is 11.3 Å². The van der Waals surface area contributed by atoms with Gasteiger partial charge in [-0.05, 0) is 36.8 Å². The van der Waals surface area contributed by atoms with Gasteiger partial charge < -0.3 is 24.5 Å². The van der Waals surface area contributed by atoms with Crippen molar-refractivity contribution in [3.8, 4) is 17.0 Å². The number of methoxy groups -OCH3 is 1. The van der Waals surface area contributed by atoms with E-state index in [1.54, 1.807) is 63.0 Å². The molecule has 0 radical (unpaired) electrons. The molecule has 9 heteroatoms. The first-order valence-electron chi connectivity index (χ1n) is 8.58. The van der Waals surface area contributed by atoms with Crippen molar-refractivity contribution in [3.63, 3.8) is 0 Å². The van der Waals surface area contributed by atoms with Gasteiger partial charge in [0.1, 0.15) is 5.75 Å². The maximum absolute atomic E-state index is 12.6. The predicted octanol–water partition coefficient (Wildman–Crippen LogP) is 4.41. The molecular weight excluding hydrogens is 379 g/mol. The van der Waals surface area contributed by atoms with Crippen LogP contribution in [0.15, 0.2) is 66.0 Å². The number of hydrogen-bond acceptors (Lipinski definition) is 5. The first-order valence-corrected chi connectivity index (χ1v) is 10.2. The second kappa shape index (κ2) is 8.84. The van der Waals surface area contributed by atoms with Gasteiger partial charge in [0.2, 0.25) is 5.58 Å². The summed E-state index contributed by atoms with van der Waals surface area (Å²) in [6.45, 7) is 1.72. The zero-order chi connectivity index (χ0) is 20.0. The fourth-order valence-electron chi connectivity index (χ4n) is 2.48. The van der Waals surface area contributed by atoms with Crippen LogP contribution in [0.5, 0.6) is 5.75 Å². The van der Waals surface area contributed by atoms with Gasteiger partial charge in [-0.3, -0.25) is 4.57 Å². The average Bonchev–Trinajstić information content (AvgIpc) is 3.23. The summed E-state index contributed by atoms with van der Waals surface area (Å²) < 4.78 is 22.9. The molecule has 3 aromatic rings. The molecule has 146 valence electrons. The van der Waals surface area contributed by atoms with E-state index in [2.05, 4.69) is 20.3 Å². The highest BCUT2D eigenvalue weighted by Gasteiger charge is 2.28. The monoisotopic (exact) mass is 400 g/mol. The molecule has 0 aliphatic rings. The molecule has 0 fully saturated rings. The molecule has 1 heterocycles. The molecule has 0 aliphatic heterocycles. The Hall–Kier alpha value is -2.93. The normalized spacial score (nSPS) is 13.8. The van der Waals surface area contributed by atoms with Crippen LogP contribution in [0, 0.1) is 0 Å². The van der Waals surface area contributed by atoms with E-state index in [4.69, 9.17) is 9.26 Å². The molecule has 28 heavy (non-hydrogen) atoms. The number of amidine groups is 1. The number of anilines is 1. The van der Waals surface area contributed by atoms with E-state index in [9.17, 15) is 9.46 Å². The van der Waals surface area contributed by atoms with Crippen molar-refractivity contribution in [3.05, 3.63) is 61.1 Å². The van der Waals surface area contributed by atoms with Gasteiger partial charge in [-0.2, -0.15) is 0 Å². The number of hydrogen-bond donors (Lipinski definition) is 3. The van der Waals surface area contributed by atoms with Crippen molar-refractivity contribution in [2.75, 3.05) is 19.0 Å². The first-order chi connectivity index (χ1) is 13.5. The minimum atomic E-state index is -4.14. The van der Waals surface area contributed by atoms with Crippen molar-refractivity contribution in [1.29, 1.82) is 0 Å². The third-order valence-electron chi connectivity index (χ3n) is 3.81. The zero-order valence-electron chi connectivity index (χ0n) is 15.5. The highest BCUT2D eigenvalue weighted by Crippen LogP contribution is 2.45. The number of aromatic amines is 1. The van der Waals surface area contributed by atoms with Crippen LogP contribution < -0.4 is 10.1 Å². The van der Waals surface area contributed by atoms with Crippen LogP contribution >= 0.6 is 7.60 Å². The van der Waals surface area contributed by atoms with Crippen LogP contribution in [-0.2, 0) is 9.09 Å². The molecule has 1 atom stereocenters. The minimum Gasteiger partial charge on any atom is -0.497 e. The van der Waals surface area contributed by atoms with Crippen LogP contribution in [-0.4, -0.2) is 34.2 Å². The maximum Gasteiger partial charge on any atom is 0.393 e. The Bertz CT molecular complexity index is 987. The zero-order valence-corrected chi connectivity index (χ0v) is 16.4. The third-order valence-corrected chi connectivity index (χ3v) is 5.16. The van der Waals surface area contributed by atoms with Crippen LogP contribution in [0.25, 0.3) is 11.3 Å². The SMILES string of the molecule is CCOP(=O)(O)C(=Nc1ccc(-c2cnc[nH]2)cc1)Nc1cccc(OC)c1. The Balaban J connectivity index is 1.92. The molecule has 8 nitrogen and oxygen atoms in total. The number of aromatic nitrogens is 2. The Morgan fingerprint density at radius 3 is 2.71 bits per heavy atom. The van der Waals surface area contributed by atoms with E-state index in [-0.39, 0.29) is 12.2 Å². The fraction of sp³-hybridized carbons (Fsp3) is 0.158. The second-order valence-corrected chi connectivity index (χ2v) is 7.47. The van der Waals surface area contributed by atoms with Crippen molar-refractivity contribution < 1.29 is 18.7 Å². The standard InChI is InChI=1S/C19H21N4O4P/c1-3-27-28(24,25)19(23-16-5-4-6-17(11-16)26-2)22-15-9-7-14(8-10-15)18-12-20-13-21-18/h4-13H,3H2,1-2H3,(H,20,21)(H,22,23)(H,24,25). The fourth-order valence-corrected chi connectivity index (χ4v) is 3.46. The summed E-state index contributed by atoms with van der Waals surface area (Å²) in [5, 5.41) is 2.89. The number of aliphatic imine (C=N–C) groups is 1. The van der Waals surface area contributed by atoms with Gasteiger partial charge >= 0.3 is 7.60 Å². The van der Waals surface area contributed by atoms with Crippen LogP contribution in [0.3, 0.4) is 0 Å². The second-order valence-electron chi connectivity index (χ2n) is 5.74. The van der Waals surface area contributed by atoms with Crippen molar-refractivity contribution in [1.82, 2.24) is 9.97 Å². The molecule has 3 N–H and O–H groups in total. The van der Waals surface area contributed by atoms with Crippen LogP contribution in [0.2, 0.25) is 0 Å². The van der Waals surface area contributed by atoms with Gasteiger partial charge in [0.05, 0.1) is 37.6 Å². The van der Waals surface area contributed by atoms with E-state index in [0.29, 0.717) is 17.1 Å². The lowest BCUT2D eigenvalue weighted by atomic mass is 10.1. The maximum atomic E-state index is 12.6. The molecule has 1 unspecified atom stereocenters. The number of ether oxygens (including phenoxy) is 1. The number of H-pyrrole nitrogens is 1. The number of nitrogens with zero attached hydrogens (tertiary/aromatic N) is 2. The largest absolute Gasteiger partial charge is 0.497 e. The molecular formula is C19H21N4O4P. The summed E-state index contributed by atoms with van der Waals surface area (Å²) in [4.78, 5) is 21.7. The van der Waals surface area contributed by atoms with Gasteiger partial charge in [0.25, 0.3) is 0 Å². The predicted molar refractivity (Wildman–Crippen MR) is 109 cm³/mol. The lowest BCUT2D eigenvalue weighted by Gasteiger charge is -2.16. The molecule has 0 bridgehead atoms. The van der Waals surface area contributed by atoms with Gasteiger partial charge in [0, 0.05) is 11.8 Å². The molecule has 0 aliphatic carbocycles. The van der Waals surface area contributed by atoms with Gasteiger partial charge in [-0.1, -0.05) is 18.2 Å². The smallest absolute Gasteiger partial charge is 0.393 e. The number of imidazole rings is 1. The van der Waals surface area contributed by atoms with E-state index >= 15 is 0 Å². The van der Waals surface area contributed by atoms with Crippen molar-refractivity contribution in [2.45, 2.75) is 6.92 Å². The molecule has 0 spiro atoms. The summed E-state index contributed by atoms with van der Waals surface area (Å²) in [7, 11) is -2.59. The Morgan fingerprint density at radius 2 is 2.07 bits per heavy atom. The lowest BCUT2D eigenvalue weighted by molar-refractivity contribution is 0.286. The molecule has 3 rings (SSSR count). The highest BCUT2D eigenvalue weighted by molar-refractivity contribution is 7.71. The summed E-state index contributed by atoms with van der Waals surface area (Å²) in [5.41, 5.74) is 2.68. The van der Waals surface area contributed by atoms with E-state index in [1.165, 1.54) is 0 Å². The molecule has 0 saturated heterocycles. The van der Waals surface area contributed by atoms with Gasteiger partial charge in [-0.15, -0.1) is 0 Å². The quantitative estimate of drug-likeness (QED) is 0.308. The molecule has 0 amide bonds. The molecule has 0 saturated carbocycles. The lowest BCUT2D eigenvalue weighted by Crippen LogP contribution is -2.14. The summed E-state index contributed by atoms with van der Waals surface area (Å²) in [5.74, 6) is 0.609. The summed E-state index contributed by atoms with van der Waals surface area (Å²) in [6, 6.07) is 14.2. The van der Waals surface area contributed by atoms with E-state index < -0.39 is 7.60 Å². The van der Waals surface area contributed by atoms with Crippen LogP contribution in [0.4, 0.5) is 11.4 Å².